The van der Waals surface area contributed by atoms with Crippen LogP contribution in [0.3, 0.4) is 0 Å². The fourth-order valence-electron chi connectivity index (χ4n) is 2.59. The normalized spacial score (nSPS) is 10.3. The number of ether oxygens (including phenoxy) is 3. The van der Waals surface area contributed by atoms with Gasteiger partial charge in [-0.1, -0.05) is 26.0 Å². The highest BCUT2D eigenvalue weighted by Gasteiger charge is 2.16. The first-order valence-corrected chi connectivity index (χ1v) is 9.13. The molecule has 0 bridgehead atoms. The summed E-state index contributed by atoms with van der Waals surface area (Å²) >= 11 is 0. The fraction of sp³-hybridized carbons (Fsp3) is 0.273. The van der Waals surface area contributed by atoms with Crippen LogP contribution in [0.1, 0.15) is 56.4 Å². The van der Waals surface area contributed by atoms with Crippen molar-refractivity contribution in [1.82, 2.24) is 0 Å². The molecule has 0 atom stereocenters. The van der Waals surface area contributed by atoms with Gasteiger partial charge in [0.05, 0.1) is 30.9 Å². The Bertz CT molecular complexity index is 914. The van der Waals surface area contributed by atoms with Crippen LogP contribution in [0.15, 0.2) is 42.5 Å². The molecule has 1 amide bonds. The highest BCUT2D eigenvalue weighted by atomic mass is 16.5. The molecular formula is C22H23NO7. The molecular weight excluding hydrogens is 390 g/mol. The van der Waals surface area contributed by atoms with Crippen LogP contribution in [0, 0.1) is 0 Å². The van der Waals surface area contributed by atoms with Crippen molar-refractivity contribution in [1.29, 1.82) is 0 Å². The van der Waals surface area contributed by atoms with Crippen LogP contribution >= 0.6 is 0 Å². The van der Waals surface area contributed by atoms with Gasteiger partial charge >= 0.3 is 17.9 Å². The van der Waals surface area contributed by atoms with Gasteiger partial charge < -0.3 is 19.5 Å². The zero-order valence-corrected chi connectivity index (χ0v) is 17.2. The molecule has 1 N–H and O–H groups in total. The van der Waals surface area contributed by atoms with Crippen molar-refractivity contribution in [3.63, 3.8) is 0 Å². The molecule has 0 saturated carbocycles. The smallest absolute Gasteiger partial charge is 0.338 e. The van der Waals surface area contributed by atoms with Crippen LogP contribution in [0.4, 0.5) is 5.69 Å². The van der Waals surface area contributed by atoms with E-state index in [0.29, 0.717) is 11.5 Å². The Labute approximate surface area is 174 Å². The van der Waals surface area contributed by atoms with Crippen molar-refractivity contribution < 1.29 is 33.4 Å². The average molecular weight is 413 g/mol. The lowest BCUT2D eigenvalue weighted by Crippen LogP contribution is -2.21. The third kappa shape index (κ3) is 5.91. The summed E-state index contributed by atoms with van der Waals surface area (Å²) in [5.74, 6) is -2.32. The number of amides is 1. The molecule has 0 aliphatic rings. The van der Waals surface area contributed by atoms with E-state index in [1.165, 1.54) is 32.4 Å². The van der Waals surface area contributed by atoms with Gasteiger partial charge in [0, 0.05) is 5.69 Å². The van der Waals surface area contributed by atoms with Gasteiger partial charge in [0.15, 0.2) is 6.61 Å². The van der Waals surface area contributed by atoms with E-state index in [9.17, 15) is 19.2 Å². The molecule has 8 heteroatoms. The van der Waals surface area contributed by atoms with E-state index in [1.807, 2.05) is 26.0 Å². The molecule has 30 heavy (non-hydrogen) atoms. The molecule has 2 rings (SSSR count). The van der Waals surface area contributed by atoms with E-state index >= 15 is 0 Å². The minimum Gasteiger partial charge on any atom is -0.465 e. The first-order chi connectivity index (χ1) is 14.2. The summed E-state index contributed by atoms with van der Waals surface area (Å²) in [7, 11) is 2.39. The zero-order valence-electron chi connectivity index (χ0n) is 17.2. The number of hydrogen-bond donors (Lipinski definition) is 1. The van der Waals surface area contributed by atoms with Crippen molar-refractivity contribution in [2.45, 2.75) is 19.8 Å². The number of rotatable bonds is 7. The standard InChI is InChI=1S/C22H23NO7/c1-13(2)14-5-7-15(8-6-14)22(27)30-12-19(24)23-18-10-16(20(25)28-3)9-17(11-18)21(26)29-4/h5-11,13H,12H2,1-4H3,(H,23,24). The second-order valence-corrected chi connectivity index (χ2v) is 6.68. The van der Waals surface area contributed by atoms with Crippen LogP contribution < -0.4 is 5.32 Å². The molecule has 0 unspecified atom stereocenters. The van der Waals surface area contributed by atoms with Gasteiger partial charge in [-0.3, -0.25) is 4.79 Å². The fourth-order valence-corrected chi connectivity index (χ4v) is 2.59. The van der Waals surface area contributed by atoms with Crippen LogP contribution in [0.25, 0.3) is 0 Å². The van der Waals surface area contributed by atoms with E-state index in [-0.39, 0.29) is 16.8 Å². The average Bonchev–Trinajstić information content (AvgIpc) is 2.76. The third-order valence-corrected chi connectivity index (χ3v) is 4.21. The van der Waals surface area contributed by atoms with Crippen molar-refractivity contribution >= 4 is 29.5 Å². The monoisotopic (exact) mass is 413 g/mol. The number of methoxy groups -OCH3 is 2. The summed E-state index contributed by atoms with van der Waals surface area (Å²) in [5.41, 5.74) is 1.67. The lowest BCUT2D eigenvalue weighted by molar-refractivity contribution is -0.119. The van der Waals surface area contributed by atoms with Crippen LogP contribution in [0.5, 0.6) is 0 Å². The maximum Gasteiger partial charge on any atom is 0.338 e. The number of esters is 3. The minimum absolute atomic E-state index is 0.0536. The summed E-state index contributed by atoms with van der Waals surface area (Å²) in [5, 5.41) is 2.48. The van der Waals surface area contributed by atoms with Gasteiger partial charge in [0.25, 0.3) is 5.91 Å². The number of hydrogen-bond acceptors (Lipinski definition) is 7. The van der Waals surface area contributed by atoms with Gasteiger partial charge in [-0.25, -0.2) is 14.4 Å². The first kappa shape index (κ1) is 22.6. The molecule has 158 valence electrons. The number of carbonyl (C=O) groups excluding carboxylic acids is 4. The number of nitrogens with one attached hydrogen (secondary N) is 1. The van der Waals surface area contributed by atoms with Gasteiger partial charge in [-0.2, -0.15) is 0 Å². The number of benzene rings is 2. The molecule has 2 aromatic carbocycles. The molecule has 0 aliphatic heterocycles. The number of carbonyl (C=O) groups is 4. The lowest BCUT2D eigenvalue weighted by Gasteiger charge is -2.10. The summed E-state index contributed by atoms with van der Waals surface area (Å²) in [4.78, 5) is 47.9. The maximum absolute atomic E-state index is 12.2. The molecule has 0 spiro atoms. The molecule has 0 heterocycles. The number of anilines is 1. The SMILES string of the molecule is COC(=O)c1cc(NC(=O)COC(=O)c2ccc(C(C)C)cc2)cc(C(=O)OC)c1. The Morgan fingerprint density at radius 1 is 0.800 bits per heavy atom. The highest BCUT2D eigenvalue weighted by molar-refractivity contribution is 6.00. The molecule has 0 radical (unpaired) electrons. The maximum atomic E-state index is 12.2. The van der Waals surface area contributed by atoms with E-state index in [2.05, 4.69) is 14.8 Å². The van der Waals surface area contributed by atoms with Crippen molar-refractivity contribution in [3.05, 3.63) is 64.7 Å². The van der Waals surface area contributed by atoms with Gasteiger partial charge in [0.1, 0.15) is 0 Å². The van der Waals surface area contributed by atoms with E-state index in [0.717, 1.165) is 5.56 Å². The van der Waals surface area contributed by atoms with Gasteiger partial charge in [0.2, 0.25) is 0 Å². The summed E-state index contributed by atoms with van der Waals surface area (Å²) in [6.07, 6.45) is 0. The quantitative estimate of drug-likeness (QED) is 0.549. The Morgan fingerprint density at radius 2 is 1.33 bits per heavy atom. The van der Waals surface area contributed by atoms with Crippen molar-refractivity contribution in [2.24, 2.45) is 0 Å². The largest absolute Gasteiger partial charge is 0.465 e. The van der Waals surface area contributed by atoms with E-state index in [4.69, 9.17) is 4.74 Å². The molecule has 8 nitrogen and oxygen atoms in total. The summed E-state index contributed by atoms with van der Waals surface area (Å²) in [6, 6.07) is 10.9. The molecule has 0 aromatic heterocycles. The Balaban J connectivity index is 2.05. The molecule has 2 aromatic rings. The first-order valence-electron chi connectivity index (χ1n) is 9.13. The molecule has 0 aliphatic carbocycles. The predicted molar refractivity (Wildman–Crippen MR) is 109 cm³/mol. The Kier molecular flexibility index (Phi) is 7.69. The lowest BCUT2D eigenvalue weighted by atomic mass is 10.0. The topological polar surface area (TPSA) is 108 Å². The molecule has 0 fully saturated rings. The van der Waals surface area contributed by atoms with Crippen LogP contribution in [-0.4, -0.2) is 44.6 Å². The van der Waals surface area contributed by atoms with Crippen LogP contribution in [0.2, 0.25) is 0 Å². The van der Waals surface area contributed by atoms with E-state index in [1.54, 1.807) is 12.1 Å². The zero-order chi connectivity index (χ0) is 22.3. The van der Waals surface area contributed by atoms with Gasteiger partial charge in [-0.15, -0.1) is 0 Å². The van der Waals surface area contributed by atoms with Crippen molar-refractivity contribution in [3.8, 4) is 0 Å². The summed E-state index contributed by atoms with van der Waals surface area (Å²) in [6.45, 7) is 3.54. The minimum atomic E-state index is -0.687. The summed E-state index contributed by atoms with van der Waals surface area (Å²) < 4.78 is 14.3. The second-order valence-electron chi connectivity index (χ2n) is 6.68. The van der Waals surface area contributed by atoms with Gasteiger partial charge in [-0.05, 0) is 41.8 Å². The Morgan fingerprint density at radius 3 is 1.80 bits per heavy atom. The second kappa shape index (κ2) is 10.2. The Hall–Kier alpha value is -3.68. The highest BCUT2D eigenvalue weighted by Crippen LogP contribution is 2.18. The molecule has 0 saturated heterocycles. The van der Waals surface area contributed by atoms with E-state index < -0.39 is 30.4 Å². The third-order valence-electron chi connectivity index (χ3n) is 4.21. The van der Waals surface area contributed by atoms with Crippen LogP contribution in [-0.2, 0) is 19.0 Å². The van der Waals surface area contributed by atoms with Crippen molar-refractivity contribution in [2.75, 3.05) is 26.1 Å². The predicted octanol–water partition coefficient (Wildman–Crippen LogP) is 3.18.